The molecule has 0 saturated heterocycles. The van der Waals surface area contributed by atoms with Crippen LogP contribution in [0.3, 0.4) is 0 Å². The molecule has 0 heterocycles. The van der Waals surface area contributed by atoms with Crippen molar-refractivity contribution in [2.45, 2.75) is 13.8 Å². The summed E-state index contributed by atoms with van der Waals surface area (Å²) >= 11 is 0. The maximum absolute atomic E-state index is 11.8. The summed E-state index contributed by atoms with van der Waals surface area (Å²) in [5.41, 5.74) is 0.191. The van der Waals surface area contributed by atoms with Crippen LogP contribution in [0.2, 0.25) is 0 Å². The topological polar surface area (TPSA) is 139 Å². The second-order valence-electron chi connectivity index (χ2n) is 5.19. The first-order chi connectivity index (χ1) is 12.2. The Balaban J connectivity index is 2.10. The minimum absolute atomic E-state index is 0.0297. The van der Waals surface area contributed by atoms with Gasteiger partial charge in [0, 0.05) is 24.3 Å². The molecule has 0 unspecified atom stereocenters. The number of nitrogens with zero attached hydrogens (tertiary/aromatic N) is 2. The van der Waals surface area contributed by atoms with Gasteiger partial charge in [0.25, 0.3) is 11.4 Å². The summed E-state index contributed by atoms with van der Waals surface area (Å²) in [6.45, 7) is 2.95. The van der Waals surface area contributed by atoms with E-state index in [0.717, 1.165) is 12.1 Å². The van der Waals surface area contributed by atoms with Crippen LogP contribution in [-0.4, -0.2) is 21.8 Å². The van der Waals surface area contributed by atoms with Crippen LogP contribution < -0.4 is 9.47 Å². The summed E-state index contributed by atoms with van der Waals surface area (Å²) in [5.74, 6) is -2.73. The molecule has 0 aliphatic heterocycles. The average Bonchev–Trinajstić information content (AvgIpc) is 2.57. The number of aryl methyl sites for hydroxylation is 2. The van der Waals surface area contributed by atoms with Gasteiger partial charge in [-0.05, 0) is 37.1 Å². The van der Waals surface area contributed by atoms with Gasteiger partial charge < -0.3 is 9.47 Å². The Labute approximate surface area is 146 Å². The normalized spacial score (nSPS) is 10.1. The molecule has 26 heavy (non-hydrogen) atoms. The van der Waals surface area contributed by atoms with E-state index in [1.165, 1.54) is 38.1 Å². The molecule has 0 fully saturated rings. The lowest BCUT2D eigenvalue weighted by atomic mass is 10.2. The van der Waals surface area contributed by atoms with Gasteiger partial charge in [-0.2, -0.15) is 0 Å². The lowest BCUT2D eigenvalue weighted by Gasteiger charge is -2.08. The Kier molecular flexibility index (Phi) is 5.26. The van der Waals surface area contributed by atoms with Gasteiger partial charge in [0.2, 0.25) is 0 Å². The molecule has 0 aliphatic rings. The number of esters is 2. The van der Waals surface area contributed by atoms with E-state index in [1.54, 1.807) is 0 Å². The van der Waals surface area contributed by atoms with Crippen molar-refractivity contribution >= 4 is 23.3 Å². The van der Waals surface area contributed by atoms with Crippen molar-refractivity contribution in [3.05, 3.63) is 67.8 Å². The van der Waals surface area contributed by atoms with Crippen molar-refractivity contribution in [1.29, 1.82) is 0 Å². The van der Waals surface area contributed by atoms with E-state index in [0.29, 0.717) is 0 Å². The lowest BCUT2D eigenvalue weighted by Crippen LogP contribution is -2.26. The Morgan fingerprint density at radius 2 is 1.12 bits per heavy atom. The number of non-ortho nitro benzene ring substituents is 2. The number of rotatable bonds is 4. The standard InChI is InChI=1S/C16H12N2O8/c1-9-7-11(17(21)22)3-5-13(9)25-15(19)16(20)26-14-6-4-12(18(23)24)8-10(14)2/h3-8H,1-2H3. The van der Waals surface area contributed by atoms with Gasteiger partial charge in [0.05, 0.1) is 9.85 Å². The Bertz CT molecular complexity index is 847. The van der Waals surface area contributed by atoms with Crippen molar-refractivity contribution in [3.63, 3.8) is 0 Å². The summed E-state index contributed by atoms with van der Waals surface area (Å²) < 4.78 is 9.74. The number of carbonyl (C=O) groups excluding carboxylic acids is 2. The van der Waals surface area contributed by atoms with E-state index in [1.807, 2.05) is 0 Å². The minimum atomic E-state index is -1.33. The molecule has 0 saturated carbocycles. The maximum atomic E-state index is 11.8. The van der Waals surface area contributed by atoms with Crippen molar-refractivity contribution in [2.75, 3.05) is 0 Å². The molecule has 0 spiro atoms. The summed E-state index contributed by atoms with van der Waals surface area (Å²) in [4.78, 5) is 43.8. The van der Waals surface area contributed by atoms with E-state index in [2.05, 4.69) is 0 Å². The summed E-state index contributed by atoms with van der Waals surface area (Å²) in [6, 6.07) is 7.01. The molecule has 0 radical (unpaired) electrons. The molecule has 2 aromatic carbocycles. The van der Waals surface area contributed by atoms with Crippen LogP contribution in [0.5, 0.6) is 11.5 Å². The molecule has 2 rings (SSSR count). The predicted molar refractivity (Wildman–Crippen MR) is 86.9 cm³/mol. The van der Waals surface area contributed by atoms with Crippen molar-refractivity contribution in [1.82, 2.24) is 0 Å². The number of nitro benzene ring substituents is 2. The Morgan fingerprint density at radius 1 is 0.769 bits per heavy atom. The van der Waals surface area contributed by atoms with Crippen LogP contribution in [0.1, 0.15) is 11.1 Å². The molecule has 2 aromatic rings. The Morgan fingerprint density at radius 3 is 1.38 bits per heavy atom. The molecule has 10 nitrogen and oxygen atoms in total. The highest BCUT2D eigenvalue weighted by Crippen LogP contribution is 2.25. The zero-order chi connectivity index (χ0) is 19.4. The van der Waals surface area contributed by atoms with E-state index >= 15 is 0 Å². The third kappa shape index (κ3) is 4.17. The van der Waals surface area contributed by atoms with Gasteiger partial charge >= 0.3 is 11.9 Å². The van der Waals surface area contributed by atoms with E-state index in [4.69, 9.17) is 9.47 Å². The fourth-order valence-corrected chi connectivity index (χ4v) is 2.01. The number of hydrogen-bond donors (Lipinski definition) is 0. The molecule has 134 valence electrons. The molecule has 10 heteroatoms. The predicted octanol–water partition coefficient (Wildman–Crippen LogP) is 2.63. The molecule has 0 bridgehead atoms. The van der Waals surface area contributed by atoms with E-state index in [9.17, 15) is 29.8 Å². The molecular weight excluding hydrogens is 348 g/mol. The maximum Gasteiger partial charge on any atom is 0.423 e. The highest BCUT2D eigenvalue weighted by atomic mass is 16.6. The fourth-order valence-electron chi connectivity index (χ4n) is 2.01. The third-order valence-corrected chi connectivity index (χ3v) is 3.31. The summed E-state index contributed by atoms with van der Waals surface area (Å²) in [6.07, 6.45) is 0. The number of benzene rings is 2. The molecule has 0 aliphatic carbocycles. The van der Waals surface area contributed by atoms with Crippen molar-refractivity contribution < 1.29 is 28.9 Å². The van der Waals surface area contributed by atoms with Crippen LogP contribution in [0.25, 0.3) is 0 Å². The molecular formula is C16H12N2O8. The Hall–Kier alpha value is -3.82. The van der Waals surface area contributed by atoms with Gasteiger partial charge in [-0.3, -0.25) is 20.2 Å². The number of ether oxygens (including phenoxy) is 2. The number of hydrogen-bond acceptors (Lipinski definition) is 8. The van der Waals surface area contributed by atoms with Crippen LogP contribution in [0.15, 0.2) is 36.4 Å². The van der Waals surface area contributed by atoms with Crippen LogP contribution >= 0.6 is 0 Å². The largest absolute Gasteiger partial charge is 0.423 e. The fraction of sp³-hybridized carbons (Fsp3) is 0.125. The monoisotopic (exact) mass is 360 g/mol. The summed E-state index contributed by atoms with van der Waals surface area (Å²) in [7, 11) is 0. The molecule has 0 aromatic heterocycles. The quantitative estimate of drug-likeness (QED) is 0.266. The molecule has 0 amide bonds. The highest BCUT2D eigenvalue weighted by molar-refractivity contribution is 6.31. The van der Waals surface area contributed by atoms with Crippen LogP contribution in [0.4, 0.5) is 11.4 Å². The SMILES string of the molecule is Cc1cc([N+](=O)[O-])ccc1OC(=O)C(=O)Oc1ccc([N+](=O)[O-])cc1C. The van der Waals surface area contributed by atoms with Gasteiger partial charge in [-0.25, -0.2) is 9.59 Å². The average molecular weight is 360 g/mol. The van der Waals surface area contributed by atoms with Gasteiger partial charge in [-0.15, -0.1) is 0 Å². The first-order valence-electron chi connectivity index (χ1n) is 7.13. The summed E-state index contributed by atoms with van der Waals surface area (Å²) in [5, 5.41) is 21.4. The van der Waals surface area contributed by atoms with Crippen molar-refractivity contribution in [2.24, 2.45) is 0 Å². The first kappa shape index (κ1) is 18.5. The second kappa shape index (κ2) is 7.38. The third-order valence-electron chi connectivity index (χ3n) is 3.31. The second-order valence-corrected chi connectivity index (χ2v) is 5.19. The molecule has 0 atom stereocenters. The van der Waals surface area contributed by atoms with Gasteiger partial charge in [-0.1, -0.05) is 0 Å². The van der Waals surface area contributed by atoms with E-state index < -0.39 is 21.8 Å². The minimum Gasteiger partial charge on any atom is -0.418 e. The number of carbonyl (C=O) groups is 2. The van der Waals surface area contributed by atoms with E-state index in [-0.39, 0.29) is 34.0 Å². The van der Waals surface area contributed by atoms with Crippen LogP contribution in [-0.2, 0) is 9.59 Å². The smallest absolute Gasteiger partial charge is 0.418 e. The number of nitro groups is 2. The zero-order valence-corrected chi connectivity index (χ0v) is 13.6. The zero-order valence-electron chi connectivity index (χ0n) is 13.6. The first-order valence-corrected chi connectivity index (χ1v) is 7.13. The highest BCUT2D eigenvalue weighted by Gasteiger charge is 2.22. The van der Waals surface area contributed by atoms with Crippen molar-refractivity contribution in [3.8, 4) is 11.5 Å². The van der Waals surface area contributed by atoms with Gasteiger partial charge in [0.15, 0.2) is 0 Å². The van der Waals surface area contributed by atoms with Crippen LogP contribution in [0, 0.1) is 34.1 Å². The lowest BCUT2D eigenvalue weighted by molar-refractivity contribution is -0.385. The van der Waals surface area contributed by atoms with Gasteiger partial charge in [0.1, 0.15) is 11.5 Å². The molecule has 0 N–H and O–H groups in total.